The summed E-state index contributed by atoms with van der Waals surface area (Å²) in [5, 5.41) is 10.2. The summed E-state index contributed by atoms with van der Waals surface area (Å²) >= 11 is 0. The van der Waals surface area contributed by atoms with Gasteiger partial charge in [0.05, 0.1) is 4.90 Å². The largest absolute Gasteiger partial charge is 0.505 e. The summed E-state index contributed by atoms with van der Waals surface area (Å²) < 4.78 is 49.0. The van der Waals surface area contributed by atoms with Gasteiger partial charge in [-0.3, -0.25) is 9.35 Å². The molecule has 0 aromatic heterocycles. The molecule has 1 unspecified atom stereocenters. The van der Waals surface area contributed by atoms with Gasteiger partial charge in [0.25, 0.3) is 10.1 Å². The van der Waals surface area contributed by atoms with Crippen LogP contribution in [-0.2, 0) is 29.2 Å². The smallest absolute Gasteiger partial charge is 0.344 e. The van der Waals surface area contributed by atoms with Crippen LogP contribution in [0.15, 0.2) is 39.9 Å². The van der Waals surface area contributed by atoms with Gasteiger partial charge in [-0.1, -0.05) is 27.7 Å². The van der Waals surface area contributed by atoms with Crippen molar-refractivity contribution in [3.8, 4) is 5.75 Å². The molecular formula is C20H20O9S. The number of benzene rings is 1. The minimum Gasteiger partial charge on any atom is -0.505 e. The lowest BCUT2D eigenvalue weighted by atomic mass is 9.90. The van der Waals surface area contributed by atoms with Crippen LogP contribution < -0.4 is 4.74 Å². The molecule has 0 fully saturated rings. The quantitative estimate of drug-likeness (QED) is 0.405. The van der Waals surface area contributed by atoms with Crippen LogP contribution in [0.25, 0.3) is 0 Å². The standard InChI is InChI=1S/C20H20O9S/c1-7(2)10-5-9(30(24,25)26)6-11(8(3)4)15(10)28-19(22)12-13-17-18(29-20(13)23)14(21)16(12)27-17/h5-8,12,16,21H,1-4H3,(H,24,25,26)/t12-,16?/m0/s1. The number of aliphatic hydroxyl groups is 1. The van der Waals surface area contributed by atoms with Crippen LogP contribution in [0.1, 0.15) is 50.7 Å². The van der Waals surface area contributed by atoms with Crippen LogP contribution in [-0.4, -0.2) is 36.1 Å². The molecular weight excluding hydrogens is 416 g/mol. The normalized spacial score (nSPS) is 22.3. The topological polar surface area (TPSA) is 136 Å². The maximum absolute atomic E-state index is 13.1. The molecule has 3 heterocycles. The van der Waals surface area contributed by atoms with Crippen LogP contribution in [0, 0.1) is 5.92 Å². The Bertz CT molecular complexity index is 1130. The molecule has 30 heavy (non-hydrogen) atoms. The molecule has 4 rings (SSSR count). The summed E-state index contributed by atoms with van der Waals surface area (Å²) in [6, 6.07) is 2.51. The minimum atomic E-state index is -4.47. The fourth-order valence-corrected chi connectivity index (χ4v) is 4.38. The zero-order valence-corrected chi connectivity index (χ0v) is 17.4. The molecule has 0 aliphatic carbocycles. The fraction of sp³-hybridized carbons (Fsp3) is 0.400. The number of hydrogen-bond acceptors (Lipinski definition) is 8. The van der Waals surface area contributed by atoms with Crippen LogP contribution in [0.4, 0.5) is 0 Å². The number of carbonyl (C=O) groups excluding carboxylic acids is 2. The SMILES string of the molecule is CC(C)c1cc(S(=O)(=O)O)cc(C(C)C)c1OC(=O)[C@H]1C2=C3OC1C(O)=C3OC2=O. The predicted molar refractivity (Wildman–Crippen MR) is 101 cm³/mol. The van der Waals surface area contributed by atoms with Crippen LogP contribution >= 0.6 is 0 Å². The van der Waals surface area contributed by atoms with E-state index in [0.717, 1.165) is 0 Å². The van der Waals surface area contributed by atoms with Gasteiger partial charge in [-0.15, -0.1) is 0 Å². The van der Waals surface area contributed by atoms with E-state index in [4.69, 9.17) is 14.2 Å². The monoisotopic (exact) mass is 436 g/mol. The lowest BCUT2D eigenvalue weighted by Gasteiger charge is -2.22. The molecule has 3 aliphatic rings. The maximum Gasteiger partial charge on any atom is 0.344 e. The third-order valence-electron chi connectivity index (χ3n) is 5.34. The summed E-state index contributed by atoms with van der Waals surface area (Å²) in [5.74, 6) is -3.49. The average molecular weight is 436 g/mol. The van der Waals surface area contributed by atoms with Crippen molar-refractivity contribution in [2.45, 2.75) is 50.5 Å². The van der Waals surface area contributed by atoms with Crippen LogP contribution in [0.3, 0.4) is 0 Å². The minimum absolute atomic E-state index is 0.00421. The lowest BCUT2D eigenvalue weighted by molar-refractivity contribution is -0.143. The third-order valence-corrected chi connectivity index (χ3v) is 6.18. The van der Waals surface area contributed by atoms with Crippen molar-refractivity contribution in [1.29, 1.82) is 0 Å². The number of fused-ring (bicyclic) bond motifs is 1. The van der Waals surface area contributed by atoms with E-state index >= 15 is 0 Å². The molecule has 0 saturated carbocycles. The van der Waals surface area contributed by atoms with Gasteiger partial charge in [0.15, 0.2) is 17.6 Å². The van der Waals surface area contributed by atoms with Crippen LogP contribution in [0.5, 0.6) is 5.75 Å². The van der Waals surface area contributed by atoms with Crippen molar-refractivity contribution in [3.63, 3.8) is 0 Å². The van der Waals surface area contributed by atoms with E-state index in [1.165, 1.54) is 12.1 Å². The highest BCUT2D eigenvalue weighted by Crippen LogP contribution is 2.51. The second kappa shape index (κ2) is 6.58. The van der Waals surface area contributed by atoms with E-state index in [2.05, 4.69) is 0 Å². The molecule has 2 bridgehead atoms. The number of ether oxygens (including phenoxy) is 3. The second-order valence-electron chi connectivity index (χ2n) is 8.00. The van der Waals surface area contributed by atoms with E-state index in [1.54, 1.807) is 27.7 Å². The summed E-state index contributed by atoms with van der Waals surface area (Å²) in [6.45, 7) is 7.13. The van der Waals surface area contributed by atoms with Crippen molar-refractivity contribution in [3.05, 3.63) is 46.1 Å². The Labute approximate surface area is 172 Å². The van der Waals surface area contributed by atoms with Crippen molar-refractivity contribution < 1.29 is 41.9 Å². The van der Waals surface area contributed by atoms with E-state index in [9.17, 15) is 27.7 Å². The molecule has 1 aromatic rings. The molecule has 0 radical (unpaired) electrons. The first-order valence-electron chi connectivity index (χ1n) is 9.35. The Morgan fingerprint density at radius 2 is 1.67 bits per heavy atom. The van der Waals surface area contributed by atoms with Gasteiger partial charge < -0.3 is 19.3 Å². The number of aliphatic hydroxyl groups excluding tert-OH is 1. The Morgan fingerprint density at radius 1 is 1.10 bits per heavy atom. The van der Waals surface area contributed by atoms with Gasteiger partial charge in [0, 0.05) is 0 Å². The van der Waals surface area contributed by atoms with Crippen molar-refractivity contribution in [1.82, 2.24) is 0 Å². The number of esters is 2. The van der Waals surface area contributed by atoms with Crippen molar-refractivity contribution in [2.24, 2.45) is 5.92 Å². The first-order valence-corrected chi connectivity index (χ1v) is 10.8. The molecule has 10 heteroatoms. The molecule has 1 aromatic carbocycles. The van der Waals surface area contributed by atoms with Crippen LogP contribution in [0.2, 0.25) is 0 Å². The maximum atomic E-state index is 13.1. The zero-order valence-electron chi connectivity index (χ0n) is 16.6. The zero-order chi connectivity index (χ0) is 22.1. The molecule has 160 valence electrons. The summed E-state index contributed by atoms with van der Waals surface area (Å²) in [4.78, 5) is 24.9. The molecule has 9 nitrogen and oxygen atoms in total. The van der Waals surface area contributed by atoms with E-state index in [1.807, 2.05) is 0 Å². The summed E-state index contributed by atoms with van der Waals surface area (Å²) in [6.07, 6.45) is -1.09. The van der Waals surface area contributed by atoms with Gasteiger partial charge >= 0.3 is 11.9 Å². The van der Waals surface area contributed by atoms with Gasteiger partial charge in [-0.05, 0) is 35.1 Å². The summed E-state index contributed by atoms with van der Waals surface area (Å²) in [5.41, 5.74) is 0.807. The number of hydrogen-bond donors (Lipinski definition) is 2. The Balaban J connectivity index is 1.77. The van der Waals surface area contributed by atoms with Gasteiger partial charge in [-0.25, -0.2) is 4.79 Å². The number of rotatable bonds is 5. The Hall–Kier alpha value is -2.85. The first-order chi connectivity index (χ1) is 13.9. The summed E-state index contributed by atoms with van der Waals surface area (Å²) in [7, 11) is -4.47. The highest BCUT2D eigenvalue weighted by atomic mass is 32.2. The highest BCUT2D eigenvalue weighted by Gasteiger charge is 2.60. The highest BCUT2D eigenvalue weighted by molar-refractivity contribution is 7.85. The average Bonchev–Trinajstić information content (AvgIpc) is 3.24. The predicted octanol–water partition coefficient (Wildman–Crippen LogP) is 2.69. The second-order valence-corrected chi connectivity index (χ2v) is 9.42. The van der Waals surface area contributed by atoms with E-state index < -0.39 is 34.1 Å². The van der Waals surface area contributed by atoms with Gasteiger partial charge in [-0.2, -0.15) is 8.42 Å². The third kappa shape index (κ3) is 2.90. The molecule has 2 atom stereocenters. The Morgan fingerprint density at radius 3 is 2.17 bits per heavy atom. The molecule has 0 saturated heterocycles. The molecule has 3 aliphatic heterocycles. The fourth-order valence-electron chi connectivity index (χ4n) is 3.83. The van der Waals surface area contributed by atoms with Crippen molar-refractivity contribution >= 4 is 22.1 Å². The van der Waals surface area contributed by atoms with Gasteiger partial charge in [0.2, 0.25) is 5.76 Å². The van der Waals surface area contributed by atoms with E-state index in [0.29, 0.717) is 11.1 Å². The number of carbonyl (C=O) groups is 2. The molecule has 0 amide bonds. The first kappa shape index (κ1) is 20.4. The van der Waals surface area contributed by atoms with Gasteiger partial charge in [0.1, 0.15) is 17.2 Å². The van der Waals surface area contributed by atoms with E-state index in [-0.39, 0.29) is 45.3 Å². The van der Waals surface area contributed by atoms with Crippen molar-refractivity contribution in [2.75, 3.05) is 0 Å². The lowest BCUT2D eigenvalue weighted by Crippen LogP contribution is -2.33. The molecule has 0 spiro atoms. The molecule has 2 N–H and O–H groups in total. The Kier molecular flexibility index (Phi) is 4.48.